The van der Waals surface area contributed by atoms with Crippen LogP contribution >= 0.6 is 0 Å². The minimum Gasteiger partial charge on any atom is -0.508 e. The largest absolute Gasteiger partial charge is 0.508 e. The summed E-state index contributed by atoms with van der Waals surface area (Å²) in [7, 11) is -3.77. The zero-order valence-corrected chi connectivity index (χ0v) is 15.2. The van der Waals surface area contributed by atoms with Gasteiger partial charge in [-0.1, -0.05) is 24.3 Å². The van der Waals surface area contributed by atoms with Crippen molar-refractivity contribution in [3.63, 3.8) is 0 Å². The van der Waals surface area contributed by atoms with Gasteiger partial charge in [0.05, 0.1) is 9.79 Å². The number of benzene rings is 2. The van der Waals surface area contributed by atoms with Crippen molar-refractivity contribution in [3.05, 3.63) is 71.8 Å². The first-order valence-corrected chi connectivity index (χ1v) is 9.27. The molecule has 0 heterocycles. The fraction of sp³-hybridized carbons (Fsp3) is 0.200. The number of hydrogen-bond donors (Lipinski definition) is 2. The van der Waals surface area contributed by atoms with E-state index in [0.717, 1.165) is 11.1 Å². The highest BCUT2D eigenvalue weighted by molar-refractivity contribution is 7.91. The van der Waals surface area contributed by atoms with Crippen molar-refractivity contribution in [2.24, 2.45) is 0 Å². The van der Waals surface area contributed by atoms with Gasteiger partial charge in [0.25, 0.3) is 0 Å². The molecule has 0 radical (unpaired) electrons. The first kappa shape index (κ1) is 18.8. The van der Waals surface area contributed by atoms with Crippen molar-refractivity contribution in [2.45, 2.75) is 36.5 Å². The van der Waals surface area contributed by atoms with Crippen molar-refractivity contribution in [3.8, 4) is 11.5 Å². The Hall–Kier alpha value is -2.53. The molecule has 0 aliphatic heterocycles. The van der Waals surface area contributed by atoms with Crippen LogP contribution in [0.3, 0.4) is 0 Å². The average molecular weight is 358 g/mol. The van der Waals surface area contributed by atoms with Crippen LogP contribution in [-0.4, -0.2) is 18.6 Å². The maximum Gasteiger partial charge on any atom is 0.206 e. The van der Waals surface area contributed by atoms with Gasteiger partial charge in [0.1, 0.15) is 11.5 Å². The number of sulfone groups is 1. The number of rotatable bonds is 6. The zero-order valence-electron chi connectivity index (χ0n) is 14.4. The molecule has 2 N–H and O–H groups in total. The van der Waals surface area contributed by atoms with E-state index in [1.165, 1.54) is 36.4 Å². The second kappa shape index (κ2) is 7.15. The topological polar surface area (TPSA) is 74.6 Å². The first-order chi connectivity index (χ1) is 11.6. The minimum atomic E-state index is -3.77. The molecule has 0 unspecified atom stereocenters. The maximum atomic E-state index is 12.9. The molecule has 0 aliphatic carbocycles. The van der Waals surface area contributed by atoms with Crippen LogP contribution in [0.2, 0.25) is 0 Å². The minimum absolute atomic E-state index is 0.0376. The predicted octanol–water partition coefficient (Wildman–Crippen LogP) is 4.17. The summed E-state index contributed by atoms with van der Waals surface area (Å²) in [5.74, 6) is 0.0752. The van der Waals surface area contributed by atoms with E-state index in [1.807, 2.05) is 13.8 Å². The lowest BCUT2D eigenvalue weighted by atomic mass is 10.1. The van der Waals surface area contributed by atoms with Crippen LogP contribution in [0.25, 0.3) is 0 Å². The second-order valence-electron chi connectivity index (χ2n) is 6.35. The van der Waals surface area contributed by atoms with E-state index >= 15 is 0 Å². The number of phenolic OH excluding ortho intramolecular Hbond substituents is 2. The molecule has 25 heavy (non-hydrogen) atoms. The fourth-order valence-corrected chi connectivity index (χ4v) is 3.89. The molecular weight excluding hydrogens is 336 g/mol. The van der Waals surface area contributed by atoms with Crippen LogP contribution in [0.5, 0.6) is 11.5 Å². The van der Waals surface area contributed by atoms with Crippen molar-refractivity contribution >= 4 is 9.84 Å². The summed E-state index contributed by atoms with van der Waals surface area (Å²) < 4.78 is 25.8. The van der Waals surface area contributed by atoms with Gasteiger partial charge in [-0.3, -0.25) is 0 Å². The lowest BCUT2D eigenvalue weighted by molar-refractivity contribution is 0.468. The predicted molar refractivity (Wildman–Crippen MR) is 98.7 cm³/mol. The van der Waals surface area contributed by atoms with E-state index in [1.54, 1.807) is 0 Å². The van der Waals surface area contributed by atoms with E-state index in [4.69, 9.17) is 0 Å². The summed E-state index contributed by atoms with van der Waals surface area (Å²) in [6.07, 6.45) is 0.789. The summed E-state index contributed by atoms with van der Waals surface area (Å²) in [6.45, 7) is 11.2. The van der Waals surface area contributed by atoms with Crippen LogP contribution in [0.1, 0.15) is 25.0 Å². The molecular formula is C20H22O4S. The average Bonchev–Trinajstić information content (AvgIpc) is 2.50. The van der Waals surface area contributed by atoms with Crippen LogP contribution < -0.4 is 0 Å². The Balaban J connectivity index is 2.52. The summed E-state index contributed by atoms with van der Waals surface area (Å²) in [5, 5.41) is 19.8. The van der Waals surface area contributed by atoms with E-state index in [2.05, 4.69) is 13.2 Å². The van der Waals surface area contributed by atoms with Crippen molar-refractivity contribution in [1.29, 1.82) is 0 Å². The Labute approximate surface area is 148 Å². The van der Waals surface area contributed by atoms with Gasteiger partial charge in [-0.05, 0) is 74.2 Å². The third kappa shape index (κ3) is 4.31. The second-order valence-corrected chi connectivity index (χ2v) is 8.30. The zero-order chi connectivity index (χ0) is 18.8. The standard InChI is InChI=1S/C20H22O4S/c1-13(2)9-15-11-17(5-7-19(15)21)25(23,24)18-6-8-20(22)16(12-18)10-14(3)4/h5-8,11-12,21-22H,1,3,9-10H2,2,4H3. The number of phenols is 2. The SMILES string of the molecule is C=C(C)Cc1cc(S(=O)(=O)c2ccc(O)c(CC(=C)C)c2)ccc1O. The van der Waals surface area contributed by atoms with Gasteiger partial charge in [0.2, 0.25) is 9.84 Å². The molecule has 2 aromatic carbocycles. The maximum absolute atomic E-state index is 12.9. The molecule has 0 aliphatic rings. The number of allylic oxidation sites excluding steroid dienone is 2. The van der Waals surface area contributed by atoms with E-state index in [0.29, 0.717) is 24.0 Å². The molecule has 0 fully saturated rings. The van der Waals surface area contributed by atoms with Gasteiger partial charge >= 0.3 is 0 Å². The monoisotopic (exact) mass is 358 g/mol. The Morgan fingerprint density at radius 3 is 1.52 bits per heavy atom. The van der Waals surface area contributed by atoms with Gasteiger partial charge in [-0.2, -0.15) is 0 Å². The van der Waals surface area contributed by atoms with E-state index in [9.17, 15) is 18.6 Å². The van der Waals surface area contributed by atoms with Gasteiger partial charge < -0.3 is 10.2 Å². The molecule has 2 rings (SSSR count). The molecule has 0 aromatic heterocycles. The van der Waals surface area contributed by atoms with Crippen LogP contribution in [0.4, 0.5) is 0 Å². The first-order valence-electron chi connectivity index (χ1n) is 7.79. The Morgan fingerprint density at radius 1 is 0.840 bits per heavy atom. The normalized spacial score (nSPS) is 11.3. The molecule has 4 nitrogen and oxygen atoms in total. The lowest BCUT2D eigenvalue weighted by Crippen LogP contribution is -2.04. The fourth-order valence-electron chi connectivity index (χ4n) is 2.53. The van der Waals surface area contributed by atoms with Gasteiger partial charge in [-0.15, -0.1) is 0 Å². The highest BCUT2D eigenvalue weighted by Gasteiger charge is 2.20. The Morgan fingerprint density at radius 2 is 1.20 bits per heavy atom. The number of hydrogen-bond acceptors (Lipinski definition) is 4. The third-order valence-electron chi connectivity index (χ3n) is 3.71. The Bertz CT molecular complexity index is 869. The summed E-state index contributed by atoms with van der Waals surface area (Å²) in [5.41, 5.74) is 2.65. The summed E-state index contributed by atoms with van der Waals surface area (Å²) >= 11 is 0. The Kier molecular flexibility index (Phi) is 5.38. The molecule has 0 bridgehead atoms. The van der Waals surface area contributed by atoms with E-state index in [-0.39, 0.29) is 21.3 Å². The summed E-state index contributed by atoms with van der Waals surface area (Å²) in [4.78, 5) is 0.182. The molecule has 0 atom stereocenters. The van der Waals surface area contributed by atoms with Gasteiger partial charge in [-0.25, -0.2) is 8.42 Å². The molecule has 132 valence electrons. The molecule has 0 saturated carbocycles. The van der Waals surface area contributed by atoms with Gasteiger partial charge in [0.15, 0.2) is 0 Å². The highest BCUT2D eigenvalue weighted by atomic mass is 32.2. The van der Waals surface area contributed by atoms with E-state index < -0.39 is 9.84 Å². The quantitative estimate of drug-likeness (QED) is 0.760. The van der Waals surface area contributed by atoms with Gasteiger partial charge in [0, 0.05) is 0 Å². The lowest BCUT2D eigenvalue weighted by Gasteiger charge is -2.11. The smallest absolute Gasteiger partial charge is 0.206 e. The molecule has 0 saturated heterocycles. The van der Waals surface area contributed by atoms with Crippen LogP contribution in [0, 0.1) is 0 Å². The molecule has 5 heteroatoms. The van der Waals surface area contributed by atoms with Crippen LogP contribution in [-0.2, 0) is 22.7 Å². The highest BCUT2D eigenvalue weighted by Crippen LogP contribution is 2.30. The molecule has 0 amide bonds. The third-order valence-corrected chi connectivity index (χ3v) is 5.46. The molecule has 0 spiro atoms. The number of aromatic hydroxyl groups is 2. The molecule has 2 aromatic rings. The van der Waals surface area contributed by atoms with Crippen molar-refractivity contribution in [1.82, 2.24) is 0 Å². The summed E-state index contributed by atoms with van der Waals surface area (Å²) in [6, 6.07) is 8.42. The van der Waals surface area contributed by atoms with Crippen molar-refractivity contribution < 1.29 is 18.6 Å². The van der Waals surface area contributed by atoms with Crippen molar-refractivity contribution in [2.75, 3.05) is 0 Å². The van der Waals surface area contributed by atoms with Crippen LogP contribution in [0.15, 0.2) is 70.5 Å².